The molecule has 7 nitrogen and oxygen atoms in total. The molecule has 0 aliphatic carbocycles. The van der Waals surface area contributed by atoms with Gasteiger partial charge in [0.15, 0.2) is 5.00 Å². The van der Waals surface area contributed by atoms with E-state index in [1.54, 1.807) is 12.0 Å². The van der Waals surface area contributed by atoms with Crippen molar-refractivity contribution in [1.29, 1.82) is 5.26 Å². The third-order valence-corrected chi connectivity index (χ3v) is 4.56. The van der Waals surface area contributed by atoms with Crippen molar-refractivity contribution in [2.45, 2.75) is 34.1 Å². The molecule has 8 heteroatoms. The Kier molecular flexibility index (Phi) is 6.81. The molecular formula is C18H21N5O2S. The van der Waals surface area contributed by atoms with Gasteiger partial charge in [-0.05, 0) is 62.0 Å². The van der Waals surface area contributed by atoms with E-state index in [0.29, 0.717) is 29.3 Å². The Bertz CT molecular complexity index is 854. The maximum absolute atomic E-state index is 11.2. The van der Waals surface area contributed by atoms with Crippen molar-refractivity contribution in [1.82, 2.24) is 4.37 Å². The minimum Gasteiger partial charge on any atom is -0.341 e. The maximum atomic E-state index is 11.2. The number of anilines is 1. The van der Waals surface area contributed by atoms with Gasteiger partial charge in [-0.15, -0.1) is 5.11 Å². The highest BCUT2D eigenvalue weighted by atomic mass is 32.1. The molecule has 0 amide bonds. The van der Waals surface area contributed by atoms with Gasteiger partial charge in [0, 0.05) is 6.92 Å². The molecule has 136 valence electrons. The second-order valence-electron chi connectivity index (χ2n) is 5.66. The van der Waals surface area contributed by atoms with Crippen molar-refractivity contribution in [3.05, 3.63) is 40.6 Å². The maximum Gasteiger partial charge on any atom is 0.329 e. The Morgan fingerprint density at radius 3 is 2.81 bits per heavy atom. The monoisotopic (exact) mass is 371 g/mol. The van der Waals surface area contributed by atoms with Gasteiger partial charge in [0.1, 0.15) is 11.6 Å². The molecule has 26 heavy (non-hydrogen) atoms. The van der Waals surface area contributed by atoms with E-state index in [1.807, 2.05) is 32.0 Å². The van der Waals surface area contributed by atoms with Crippen LogP contribution in [0.1, 0.15) is 36.2 Å². The van der Waals surface area contributed by atoms with Gasteiger partial charge < -0.3 is 4.84 Å². The normalized spacial score (nSPS) is 10.7. The number of rotatable bonds is 7. The molecule has 1 aromatic heterocycles. The second-order valence-corrected chi connectivity index (χ2v) is 6.42. The third kappa shape index (κ3) is 4.86. The molecular weight excluding hydrogens is 350 g/mol. The molecule has 0 saturated heterocycles. The van der Waals surface area contributed by atoms with Gasteiger partial charge in [0.2, 0.25) is 0 Å². The standard InChI is InChI=1S/C18H21N5O2S/c1-5-23(25-14(4)24)16-7-6-15(12(2)10-16)8-9-20-21-18-17(11-19)13(3)22-26-18/h6-7,10H,5,8-9H2,1-4H3. The predicted molar refractivity (Wildman–Crippen MR) is 101 cm³/mol. The van der Waals surface area contributed by atoms with Gasteiger partial charge >= 0.3 is 5.97 Å². The Morgan fingerprint density at radius 2 is 2.19 bits per heavy atom. The van der Waals surface area contributed by atoms with E-state index in [-0.39, 0.29) is 5.97 Å². The quantitative estimate of drug-likeness (QED) is 0.535. The highest BCUT2D eigenvalue weighted by molar-refractivity contribution is 7.10. The van der Waals surface area contributed by atoms with Crippen molar-refractivity contribution in [3.63, 3.8) is 0 Å². The summed E-state index contributed by atoms with van der Waals surface area (Å²) in [6.45, 7) is 8.19. The van der Waals surface area contributed by atoms with Crippen LogP contribution in [0.2, 0.25) is 0 Å². The SMILES string of the molecule is CCN(OC(C)=O)c1ccc(CCN=Nc2snc(C)c2C#N)c(C)c1. The number of hydrogen-bond donors (Lipinski definition) is 0. The number of hydroxylamine groups is 1. The Balaban J connectivity index is 2.01. The van der Waals surface area contributed by atoms with Crippen LogP contribution < -0.4 is 5.06 Å². The summed E-state index contributed by atoms with van der Waals surface area (Å²) in [6, 6.07) is 8.01. The van der Waals surface area contributed by atoms with Gasteiger partial charge in [-0.2, -0.15) is 14.7 Å². The molecule has 2 rings (SSSR count). The number of carbonyl (C=O) groups is 1. The van der Waals surface area contributed by atoms with Gasteiger partial charge in [-0.25, -0.2) is 5.06 Å². The first kappa shape index (κ1) is 19.5. The number of nitriles is 1. The number of carbonyl (C=O) groups excluding carboxylic acids is 1. The summed E-state index contributed by atoms with van der Waals surface area (Å²) in [4.78, 5) is 16.3. The third-order valence-electron chi connectivity index (χ3n) is 3.74. The molecule has 0 N–H and O–H groups in total. The molecule has 0 atom stereocenters. The zero-order valence-electron chi connectivity index (χ0n) is 15.3. The minimum atomic E-state index is -0.343. The largest absolute Gasteiger partial charge is 0.341 e. The first-order valence-electron chi connectivity index (χ1n) is 8.25. The fourth-order valence-corrected chi connectivity index (χ4v) is 3.10. The van der Waals surface area contributed by atoms with Crippen LogP contribution in [0.25, 0.3) is 0 Å². The van der Waals surface area contributed by atoms with Crippen LogP contribution in [0.3, 0.4) is 0 Å². The number of benzene rings is 1. The number of nitrogens with zero attached hydrogens (tertiary/aromatic N) is 5. The van der Waals surface area contributed by atoms with Crippen molar-refractivity contribution in [2.24, 2.45) is 10.2 Å². The highest BCUT2D eigenvalue weighted by Crippen LogP contribution is 2.27. The molecule has 2 aromatic rings. The summed E-state index contributed by atoms with van der Waals surface area (Å²) in [7, 11) is 0. The molecule has 0 aliphatic rings. The zero-order chi connectivity index (χ0) is 19.1. The lowest BCUT2D eigenvalue weighted by Crippen LogP contribution is -2.25. The van der Waals surface area contributed by atoms with Gasteiger partial charge in [0.25, 0.3) is 0 Å². The van der Waals surface area contributed by atoms with Crippen LogP contribution in [0.4, 0.5) is 10.7 Å². The lowest BCUT2D eigenvalue weighted by molar-refractivity contribution is -0.142. The zero-order valence-corrected chi connectivity index (χ0v) is 16.1. The molecule has 0 saturated carbocycles. The Labute approximate surface area is 157 Å². The Hall–Kier alpha value is -2.79. The number of aryl methyl sites for hydroxylation is 2. The fraction of sp³-hybridized carbons (Fsp3) is 0.389. The molecule has 0 unspecified atom stereocenters. The van der Waals surface area contributed by atoms with Crippen LogP contribution in [-0.2, 0) is 16.1 Å². The molecule has 0 fully saturated rings. The summed E-state index contributed by atoms with van der Waals surface area (Å²) in [5, 5.41) is 19.5. The summed E-state index contributed by atoms with van der Waals surface area (Å²) in [5.41, 5.74) is 4.25. The highest BCUT2D eigenvalue weighted by Gasteiger charge is 2.10. The van der Waals surface area contributed by atoms with Gasteiger partial charge in [0.05, 0.1) is 24.5 Å². The van der Waals surface area contributed by atoms with E-state index < -0.39 is 0 Å². The summed E-state index contributed by atoms with van der Waals surface area (Å²) >= 11 is 1.18. The summed E-state index contributed by atoms with van der Waals surface area (Å²) in [5.74, 6) is -0.343. The first-order valence-corrected chi connectivity index (χ1v) is 9.03. The van der Waals surface area contributed by atoms with Crippen molar-refractivity contribution < 1.29 is 9.63 Å². The van der Waals surface area contributed by atoms with Crippen LogP contribution in [0.15, 0.2) is 28.4 Å². The average molecular weight is 371 g/mol. The molecule has 0 radical (unpaired) electrons. The first-order chi connectivity index (χ1) is 12.5. The predicted octanol–water partition coefficient (Wildman–Crippen LogP) is 4.26. The Morgan fingerprint density at radius 1 is 1.42 bits per heavy atom. The lowest BCUT2D eigenvalue weighted by atomic mass is 10.0. The van der Waals surface area contributed by atoms with Crippen molar-refractivity contribution in [3.8, 4) is 6.07 Å². The summed E-state index contributed by atoms with van der Waals surface area (Å²) in [6.07, 6.45) is 0.731. The molecule has 0 bridgehead atoms. The van der Waals surface area contributed by atoms with Crippen LogP contribution in [-0.4, -0.2) is 23.4 Å². The molecule has 0 aliphatic heterocycles. The lowest BCUT2D eigenvalue weighted by Gasteiger charge is -2.21. The topological polar surface area (TPSA) is 90.9 Å². The van der Waals surface area contributed by atoms with E-state index in [1.165, 1.54) is 18.5 Å². The van der Waals surface area contributed by atoms with Crippen LogP contribution in [0, 0.1) is 25.2 Å². The van der Waals surface area contributed by atoms with E-state index in [2.05, 4.69) is 20.7 Å². The minimum absolute atomic E-state index is 0.343. The van der Waals surface area contributed by atoms with Gasteiger partial charge in [-0.1, -0.05) is 6.07 Å². The van der Waals surface area contributed by atoms with E-state index in [4.69, 9.17) is 10.1 Å². The average Bonchev–Trinajstić information content (AvgIpc) is 2.97. The fourth-order valence-electron chi connectivity index (χ4n) is 2.41. The van der Waals surface area contributed by atoms with Crippen LogP contribution >= 0.6 is 11.5 Å². The van der Waals surface area contributed by atoms with Gasteiger partial charge in [-0.3, -0.25) is 4.79 Å². The smallest absolute Gasteiger partial charge is 0.329 e. The van der Waals surface area contributed by atoms with Crippen molar-refractivity contribution in [2.75, 3.05) is 18.2 Å². The van der Waals surface area contributed by atoms with E-state index in [0.717, 1.165) is 23.2 Å². The molecule has 1 heterocycles. The van der Waals surface area contributed by atoms with E-state index >= 15 is 0 Å². The molecule has 0 spiro atoms. The summed E-state index contributed by atoms with van der Waals surface area (Å²) < 4.78 is 4.12. The second kappa shape index (κ2) is 9.06. The van der Waals surface area contributed by atoms with Crippen LogP contribution in [0.5, 0.6) is 0 Å². The number of azo groups is 1. The van der Waals surface area contributed by atoms with E-state index in [9.17, 15) is 4.79 Å². The number of aromatic nitrogens is 1. The van der Waals surface area contributed by atoms with Crippen molar-refractivity contribution >= 4 is 28.2 Å². The molecule has 1 aromatic carbocycles. The number of hydrogen-bond acceptors (Lipinski definition) is 8.